The number of nitrogens with one attached hydrogen (secondary N) is 1. The van der Waals surface area contributed by atoms with Crippen molar-refractivity contribution in [2.24, 2.45) is 13.0 Å². The molecule has 0 fully saturated rings. The molecule has 0 aliphatic rings. The number of nitrogens with zero attached hydrogens (tertiary/aromatic N) is 2. The Hall–Kier alpha value is -0.840. The molecular formula is C14H24BrN3O. The van der Waals surface area contributed by atoms with Crippen molar-refractivity contribution in [3.8, 4) is 0 Å². The number of alkyl halides is 1. The van der Waals surface area contributed by atoms with Gasteiger partial charge in [-0.2, -0.15) is 5.10 Å². The van der Waals surface area contributed by atoms with Crippen LogP contribution in [-0.4, -0.2) is 27.6 Å². The van der Waals surface area contributed by atoms with Gasteiger partial charge in [0.2, 0.25) is 0 Å². The molecule has 19 heavy (non-hydrogen) atoms. The van der Waals surface area contributed by atoms with Crippen LogP contribution < -0.4 is 5.32 Å². The van der Waals surface area contributed by atoms with Crippen LogP contribution in [0.2, 0.25) is 0 Å². The Labute approximate surface area is 124 Å². The first-order valence-electron chi connectivity index (χ1n) is 6.99. The minimum atomic E-state index is 0.000579. The Morgan fingerprint density at radius 1 is 1.47 bits per heavy atom. The number of carbonyl (C=O) groups excluding carboxylic acids is 1. The molecule has 0 saturated heterocycles. The molecule has 1 amide bonds. The van der Waals surface area contributed by atoms with Crippen molar-refractivity contribution in [3.63, 3.8) is 0 Å². The fraction of sp³-hybridized carbons (Fsp3) is 0.714. The van der Waals surface area contributed by atoms with Crippen LogP contribution in [0.15, 0.2) is 6.20 Å². The number of aryl methyl sites for hydroxylation is 2. The molecule has 1 N–H and O–H groups in total. The summed E-state index contributed by atoms with van der Waals surface area (Å²) < 4.78 is 1.70. The van der Waals surface area contributed by atoms with Crippen LogP contribution in [0.1, 0.15) is 49.2 Å². The fourth-order valence-corrected chi connectivity index (χ4v) is 2.88. The largest absolute Gasteiger partial charge is 0.352 e. The average molecular weight is 330 g/mol. The summed E-state index contributed by atoms with van der Waals surface area (Å²) in [4.78, 5) is 12.2. The maximum absolute atomic E-state index is 12.2. The molecule has 0 bridgehead atoms. The molecule has 5 heteroatoms. The van der Waals surface area contributed by atoms with Crippen LogP contribution in [0.3, 0.4) is 0 Å². The molecule has 1 aromatic heterocycles. The van der Waals surface area contributed by atoms with Gasteiger partial charge in [0.25, 0.3) is 5.91 Å². The van der Waals surface area contributed by atoms with E-state index >= 15 is 0 Å². The average Bonchev–Trinajstić information content (AvgIpc) is 2.77. The normalized spacial score (nSPS) is 12.4. The highest BCUT2D eigenvalue weighted by atomic mass is 79.9. The highest BCUT2D eigenvalue weighted by Gasteiger charge is 2.15. The van der Waals surface area contributed by atoms with Gasteiger partial charge in [-0.15, -0.1) is 0 Å². The van der Waals surface area contributed by atoms with Crippen molar-refractivity contribution < 1.29 is 4.79 Å². The fourth-order valence-electron chi connectivity index (χ4n) is 2.23. The van der Waals surface area contributed by atoms with Gasteiger partial charge in [-0.3, -0.25) is 9.48 Å². The van der Waals surface area contributed by atoms with Gasteiger partial charge >= 0.3 is 0 Å². The maximum Gasteiger partial charge on any atom is 0.254 e. The number of rotatable bonds is 8. The second kappa shape index (κ2) is 8.35. The minimum Gasteiger partial charge on any atom is -0.352 e. The number of hydrogen-bond donors (Lipinski definition) is 1. The predicted octanol–water partition coefficient (Wildman–Crippen LogP) is 2.91. The first-order valence-corrected chi connectivity index (χ1v) is 8.11. The molecule has 4 nitrogen and oxygen atoms in total. The topological polar surface area (TPSA) is 46.9 Å². The van der Waals surface area contributed by atoms with E-state index in [1.807, 2.05) is 14.0 Å². The van der Waals surface area contributed by atoms with Gasteiger partial charge in [-0.1, -0.05) is 36.2 Å². The Bertz CT molecular complexity index is 397. The second-order valence-electron chi connectivity index (χ2n) is 4.86. The molecule has 1 atom stereocenters. The summed E-state index contributed by atoms with van der Waals surface area (Å²) in [7, 11) is 1.85. The lowest BCUT2D eigenvalue weighted by Gasteiger charge is -2.15. The van der Waals surface area contributed by atoms with Gasteiger partial charge in [-0.05, 0) is 25.2 Å². The van der Waals surface area contributed by atoms with E-state index in [2.05, 4.69) is 33.3 Å². The van der Waals surface area contributed by atoms with Crippen molar-refractivity contribution in [1.82, 2.24) is 15.1 Å². The molecule has 1 unspecified atom stereocenters. The summed E-state index contributed by atoms with van der Waals surface area (Å²) in [5.41, 5.74) is 1.58. The zero-order valence-electron chi connectivity index (χ0n) is 12.1. The van der Waals surface area contributed by atoms with Crippen molar-refractivity contribution >= 4 is 21.8 Å². The van der Waals surface area contributed by atoms with Gasteiger partial charge in [-0.25, -0.2) is 0 Å². The molecule has 108 valence electrons. The summed E-state index contributed by atoms with van der Waals surface area (Å²) in [6, 6.07) is 0. The van der Waals surface area contributed by atoms with Crippen LogP contribution in [0.4, 0.5) is 0 Å². The molecule has 1 rings (SSSR count). The Morgan fingerprint density at radius 2 is 2.21 bits per heavy atom. The molecule has 0 saturated carbocycles. The van der Waals surface area contributed by atoms with Gasteiger partial charge < -0.3 is 5.32 Å². The highest BCUT2D eigenvalue weighted by molar-refractivity contribution is 9.09. The third kappa shape index (κ3) is 4.97. The van der Waals surface area contributed by atoms with E-state index in [-0.39, 0.29) is 5.91 Å². The first-order chi connectivity index (χ1) is 9.12. The Kier molecular flexibility index (Phi) is 7.13. The van der Waals surface area contributed by atoms with Gasteiger partial charge in [0.1, 0.15) is 0 Å². The van der Waals surface area contributed by atoms with E-state index in [9.17, 15) is 4.79 Å². The highest BCUT2D eigenvalue weighted by Crippen LogP contribution is 2.13. The molecule has 0 radical (unpaired) electrons. The van der Waals surface area contributed by atoms with E-state index in [1.165, 1.54) is 0 Å². The van der Waals surface area contributed by atoms with Crippen molar-refractivity contribution in [1.29, 1.82) is 0 Å². The zero-order valence-corrected chi connectivity index (χ0v) is 13.7. The molecule has 1 heterocycles. The second-order valence-corrected chi connectivity index (χ2v) is 5.65. The molecule has 1 aromatic rings. The molecule has 0 spiro atoms. The third-order valence-electron chi connectivity index (χ3n) is 3.25. The van der Waals surface area contributed by atoms with E-state index in [4.69, 9.17) is 0 Å². The number of carbonyl (C=O) groups is 1. The number of amides is 1. The minimum absolute atomic E-state index is 0.000579. The van der Waals surface area contributed by atoms with Gasteiger partial charge in [0.15, 0.2) is 0 Å². The van der Waals surface area contributed by atoms with Crippen LogP contribution in [-0.2, 0) is 13.5 Å². The Morgan fingerprint density at radius 3 is 2.79 bits per heavy atom. The van der Waals surface area contributed by atoms with Crippen LogP contribution >= 0.6 is 15.9 Å². The molecule has 0 aromatic carbocycles. The number of hydrogen-bond acceptors (Lipinski definition) is 2. The number of halogens is 1. The Balaban J connectivity index is 2.58. The zero-order chi connectivity index (χ0) is 14.3. The first kappa shape index (κ1) is 16.2. The summed E-state index contributed by atoms with van der Waals surface area (Å²) in [6.07, 6.45) is 5.98. The predicted molar refractivity (Wildman–Crippen MR) is 81.7 cm³/mol. The maximum atomic E-state index is 12.2. The lowest BCUT2D eigenvalue weighted by molar-refractivity contribution is 0.0945. The van der Waals surface area contributed by atoms with E-state index < -0.39 is 0 Å². The van der Waals surface area contributed by atoms with Gasteiger partial charge in [0.05, 0.1) is 11.3 Å². The summed E-state index contributed by atoms with van der Waals surface area (Å²) in [5, 5.41) is 8.33. The monoisotopic (exact) mass is 329 g/mol. The lowest BCUT2D eigenvalue weighted by atomic mass is 10.0. The smallest absolute Gasteiger partial charge is 0.254 e. The molecular weight excluding hydrogens is 306 g/mol. The van der Waals surface area contributed by atoms with Crippen molar-refractivity contribution in [3.05, 3.63) is 17.5 Å². The van der Waals surface area contributed by atoms with Crippen LogP contribution in [0.5, 0.6) is 0 Å². The summed E-state index contributed by atoms with van der Waals surface area (Å²) >= 11 is 3.47. The van der Waals surface area contributed by atoms with E-state index in [0.717, 1.165) is 43.3 Å². The SMILES string of the molecule is CCCC(CCBr)CNC(=O)c1cn(C)nc1CC. The quantitative estimate of drug-likeness (QED) is 0.745. The standard InChI is InChI=1S/C14H24BrN3O/c1-4-6-11(7-8-15)9-16-14(19)12-10-18(3)17-13(12)5-2/h10-11H,4-9H2,1-3H3,(H,16,19). The van der Waals surface area contributed by atoms with Crippen LogP contribution in [0.25, 0.3) is 0 Å². The molecule has 0 aliphatic heterocycles. The van der Waals surface area contributed by atoms with Gasteiger partial charge in [0, 0.05) is 25.1 Å². The van der Waals surface area contributed by atoms with Crippen molar-refractivity contribution in [2.75, 3.05) is 11.9 Å². The van der Waals surface area contributed by atoms with Crippen LogP contribution in [0, 0.1) is 5.92 Å². The lowest BCUT2D eigenvalue weighted by Crippen LogP contribution is -2.30. The van der Waals surface area contributed by atoms with Crippen molar-refractivity contribution in [2.45, 2.75) is 39.5 Å². The summed E-state index contributed by atoms with van der Waals surface area (Å²) in [5.74, 6) is 0.552. The number of aromatic nitrogens is 2. The van der Waals surface area contributed by atoms with E-state index in [0.29, 0.717) is 11.5 Å². The van der Waals surface area contributed by atoms with E-state index in [1.54, 1.807) is 10.9 Å². The summed E-state index contributed by atoms with van der Waals surface area (Å²) in [6.45, 7) is 4.94. The molecule has 0 aliphatic carbocycles. The third-order valence-corrected chi connectivity index (χ3v) is 3.71.